The van der Waals surface area contributed by atoms with Gasteiger partial charge in [-0.15, -0.1) is 0 Å². The summed E-state index contributed by atoms with van der Waals surface area (Å²) < 4.78 is 5.47. The van der Waals surface area contributed by atoms with Gasteiger partial charge in [0.2, 0.25) is 0 Å². The zero-order chi connectivity index (χ0) is 10.8. The lowest BCUT2D eigenvalue weighted by Crippen LogP contribution is -2.23. The van der Waals surface area contributed by atoms with E-state index in [1.165, 1.54) is 0 Å². The number of fused-ring (bicyclic) bond motifs is 1. The second-order valence-electron chi connectivity index (χ2n) is 3.85. The second kappa shape index (κ2) is 3.81. The molecular formula is C11H13NO3. The molecule has 80 valence electrons. The average Bonchev–Trinajstić information content (AvgIpc) is 2.17. The van der Waals surface area contributed by atoms with Crippen molar-refractivity contribution < 1.29 is 14.6 Å². The summed E-state index contributed by atoms with van der Waals surface area (Å²) in [6.07, 6.45) is 0.908. The summed E-state index contributed by atoms with van der Waals surface area (Å²) in [7, 11) is 0. The molecule has 1 aliphatic heterocycles. The molecule has 1 aromatic rings. The van der Waals surface area contributed by atoms with Crippen LogP contribution in [0.2, 0.25) is 0 Å². The first-order valence-electron chi connectivity index (χ1n) is 4.88. The van der Waals surface area contributed by atoms with Crippen molar-refractivity contribution in [3.05, 3.63) is 23.8 Å². The Balaban J connectivity index is 2.13. The number of nitrogens with two attached hydrogens (primary N) is 1. The predicted molar refractivity (Wildman–Crippen MR) is 55.8 cm³/mol. The van der Waals surface area contributed by atoms with Crippen LogP contribution in [0.4, 0.5) is 5.69 Å². The van der Waals surface area contributed by atoms with Gasteiger partial charge in [0.25, 0.3) is 0 Å². The standard InChI is InChI=1S/C11H13NO3/c12-9-2-1-8-3-7(4-11(13)14)6-15-10(8)5-9/h1-2,5,7H,3-4,6,12H2,(H,13,14). The molecule has 0 spiro atoms. The molecule has 0 saturated carbocycles. The largest absolute Gasteiger partial charge is 0.493 e. The highest BCUT2D eigenvalue weighted by Crippen LogP contribution is 2.30. The maximum absolute atomic E-state index is 10.6. The molecule has 3 N–H and O–H groups in total. The number of rotatable bonds is 2. The lowest BCUT2D eigenvalue weighted by atomic mass is 9.94. The van der Waals surface area contributed by atoms with Gasteiger partial charge in [0.05, 0.1) is 13.0 Å². The fourth-order valence-electron chi connectivity index (χ4n) is 1.83. The topological polar surface area (TPSA) is 72.5 Å². The van der Waals surface area contributed by atoms with Gasteiger partial charge in [-0.3, -0.25) is 4.79 Å². The summed E-state index contributed by atoms with van der Waals surface area (Å²) >= 11 is 0. The Morgan fingerprint density at radius 3 is 3.13 bits per heavy atom. The van der Waals surface area contributed by atoms with Crippen LogP contribution in [0.25, 0.3) is 0 Å². The van der Waals surface area contributed by atoms with E-state index in [0.717, 1.165) is 17.7 Å². The van der Waals surface area contributed by atoms with Crippen LogP contribution in [0.3, 0.4) is 0 Å². The first-order valence-corrected chi connectivity index (χ1v) is 4.88. The zero-order valence-corrected chi connectivity index (χ0v) is 8.27. The minimum absolute atomic E-state index is 0.0682. The number of carboxylic acids is 1. The highest BCUT2D eigenvalue weighted by atomic mass is 16.5. The van der Waals surface area contributed by atoms with E-state index in [9.17, 15) is 4.79 Å². The van der Waals surface area contributed by atoms with E-state index in [1.807, 2.05) is 12.1 Å². The number of carbonyl (C=O) groups is 1. The Morgan fingerprint density at radius 1 is 1.60 bits per heavy atom. The molecule has 0 aromatic heterocycles. The molecule has 0 saturated heterocycles. The van der Waals surface area contributed by atoms with Gasteiger partial charge in [0, 0.05) is 17.7 Å². The Morgan fingerprint density at radius 2 is 2.40 bits per heavy atom. The molecular weight excluding hydrogens is 194 g/mol. The molecule has 0 bridgehead atoms. The molecule has 1 atom stereocenters. The van der Waals surface area contributed by atoms with Crippen molar-refractivity contribution in [3.63, 3.8) is 0 Å². The number of hydrogen-bond acceptors (Lipinski definition) is 3. The minimum atomic E-state index is -0.775. The number of hydrogen-bond donors (Lipinski definition) is 2. The van der Waals surface area contributed by atoms with E-state index in [-0.39, 0.29) is 12.3 Å². The Bertz CT molecular complexity index is 389. The highest BCUT2D eigenvalue weighted by molar-refractivity contribution is 5.67. The first-order chi connectivity index (χ1) is 7.15. The van der Waals surface area contributed by atoms with Crippen LogP contribution in [-0.4, -0.2) is 17.7 Å². The van der Waals surface area contributed by atoms with Crippen molar-refractivity contribution in [1.82, 2.24) is 0 Å². The summed E-state index contributed by atoms with van der Waals surface area (Å²) in [4.78, 5) is 10.6. The molecule has 0 radical (unpaired) electrons. The second-order valence-corrected chi connectivity index (χ2v) is 3.85. The molecule has 1 heterocycles. The van der Waals surface area contributed by atoms with Crippen molar-refractivity contribution in [3.8, 4) is 5.75 Å². The van der Waals surface area contributed by atoms with Crippen molar-refractivity contribution >= 4 is 11.7 Å². The maximum atomic E-state index is 10.6. The molecule has 4 nitrogen and oxygen atoms in total. The number of nitrogen functional groups attached to an aromatic ring is 1. The number of benzene rings is 1. The van der Waals surface area contributed by atoms with Crippen LogP contribution in [-0.2, 0) is 11.2 Å². The Labute approximate surface area is 87.7 Å². The van der Waals surface area contributed by atoms with Crippen molar-refractivity contribution in [2.75, 3.05) is 12.3 Å². The van der Waals surface area contributed by atoms with E-state index in [1.54, 1.807) is 6.07 Å². The number of carboxylic acid groups (broad SMARTS) is 1. The predicted octanol–water partition coefficient (Wildman–Crippen LogP) is 1.29. The van der Waals surface area contributed by atoms with Gasteiger partial charge in [0.1, 0.15) is 5.75 Å². The molecule has 0 fully saturated rings. The molecule has 0 aliphatic carbocycles. The van der Waals surface area contributed by atoms with Crippen LogP contribution in [0, 0.1) is 5.92 Å². The van der Waals surface area contributed by atoms with Crippen molar-refractivity contribution in [2.24, 2.45) is 5.92 Å². The number of anilines is 1. The van der Waals surface area contributed by atoms with Gasteiger partial charge < -0.3 is 15.6 Å². The first kappa shape index (κ1) is 9.83. The number of ether oxygens (including phenoxy) is 1. The Hall–Kier alpha value is -1.71. The Kier molecular flexibility index (Phi) is 2.49. The van der Waals surface area contributed by atoms with Crippen LogP contribution < -0.4 is 10.5 Å². The maximum Gasteiger partial charge on any atom is 0.303 e. The smallest absolute Gasteiger partial charge is 0.303 e. The molecule has 1 aliphatic rings. The fraction of sp³-hybridized carbons (Fsp3) is 0.364. The van der Waals surface area contributed by atoms with E-state index >= 15 is 0 Å². The lowest BCUT2D eigenvalue weighted by Gasteiger charge is -2.24. The quantitative estimate of drug-likeness (QED) is 0.717. The molecule has 15 heavy (non-hydrogen) atoms. The molecule has 0 amide bonds. The van der Waals surface area contributed by atoms with Crippen molar-refractivity contribution in [2.45, 2.75) is 12.8 Å². The third-order valence-corrected chi connectivity index (χ3v) is 2.54. The van der Waals surface area contributed by atoms with Gasteiger partial charge in [-0.2, -0.15) is 0 Å². The normalized spacial score (nSPS) is 19.1. The summed E-state index contributed by atoms with van der Waals surface area (Å²) in [5.41, 5.74) is 7.34. The minimum Gasteiger partial charge on any atom is -0.493 e. The van der Waals surface area contributed by atoms with Gasteiger partial charge in [-0.25, -0.2) is 0 Å². The van der Waals surface area contributed by atoms with E-state index in [2.05, 4.69) is 0 Å². The summed E-state index contributed by atoms with van der Waals surface area (Å²) in [5, 5.41) is 8.68. The van der Waals surface area contributed by atoms with E-state index < -0.39 is 5.97 Å². The fourth-order valence-corrected chi connectivity index (χ4v) is 1.83. The average molecular weight is 207 g/mol. The van der Waals surface area contributed by atoms with Crippen LogP contribution in [0.1, 0.15) is 12.0 Å². The van der Waals surface area contributed by atoms with Gasteiger partial charge in [-0.1, -0.05) is 6.07 Å². The summed E-state index contributed by atoms with van der Waals surface area (Å²) in [6.45, 7) is 0.461. The van der Waals surface area contributed by atoms with Crippen LogP contribution >= 0.6 is 0 Å². The summed E-state index contributed by atoms with van der Waals surface area (Å²) in [5.74, 6) is 0.0813. The van der Waals surface area contributed by atoms with Gasteiger partial charge >= 0.3 is 5.97 Å². The highest BCUT2D eigenvalue weighted by Gasteiger charge is 2.21. The van der Waals surface area contributed by atoms with Gasteiger partial charge in [-0.05, 0) is 18.1 Å². The third kappa shape index (κ3) is 2.21. The van der Waals surface area contributed by atoms with Crippen molar-refractivity contribution in [1.29, 1.82) is 0 Å². The number of aliphatic carboxylic acids is 1. The SMILES string of the molecule is Nc1ccc2c(c1)OCC(CC(=O)O)C2. The molecule has 1 unspecified atom stereocenters. The molecule has 1 aromatic carbocycles. The summed E-state index contributed by atoms with van der Waals surface area (Å²) in [6, 6.07) is 5.50. The molecule has 4 heteroatoms. The lowest BCUT2D eigenvalue weighted by molar-refractivity contribution is -0.138. The molecule has 2 rings (SSSR count). The van der Waals surface area contributed by atoms with E-state index in [0.29, 0.717) is 12.3 Å². The van der Waals surface area contributed by atoms with Crippen LogP contribution in [0.15, 0.2) is 18.2 Å². The third-order valence-electron chi connectivity index (χ3n) is 2.54. The van der Waals surface area contributed by atoms with Crippen LogP contribution in [0.5, 0.6) is 5.75 Å². The van der Waals surface area contributed by atoms with Gasteiger partial charge in [0.15, 0.2) is 0 Å². The van der Waals surface area contributed by atoms with E-state index in [4.69, 9.17) is 15.6 Å². The monoisotopic (exact) mass is 207 g/mol. The zero-order valence-electron chi connectivity index (χ0n) is 8.27.